The first-order valence-electron chi connectivity index (χ1n) is 7.58. The van der Waals surface area contributed by atoms with Crippen molar-refractivity contribution in [3.63, 3.8) is 0 Å². The summed E-state index contributed by atoms with van der Waals surface area (Å²) in [5.74, 6) is -1.38. The maximum absolute atomic E-state index is 12.8. The number of aliphatic carboxylic acids is 1. The molecule has 0 radical (unpaired) electrons. The maximum atomic E-state index is 12.8. The van der Waals surface area contributed by atoms with Crippen molar-refractivity contribution < 1.29 is 23.4 Å². The van der Waals surface area contributed by atoms with Crippen molar-refractivity contribution in [1.29, 1.82) is 0 Å². The van der Waals surface area contributed by atoms with Gasteiger partial charge in [-0.05, 0) is 18.6 Å². The molecule has 0 saturated heterocycles. The van der Waals surface area contributed by atoms with Crippen molar-refractivity contribution in [1.82, 2.24) is 4.98 Å². The molecule has 2 rings (SSSR count). The highest BCUT2D eigenvalue weighted by molar-refractivity contribution is 9.10. The third-order valence-electron chi connectivity index (χ3n) is 3.62. The Hall–Kier alpha value is -2.17. The zero-order valence-corrected chi connectivity index (χ0v) is 16.0. The number of benzene rings is 1. The molecule has 0 spiro atoms. The van der Waals surface area contributed by atoms with Crippen LogP contribution in [0.15, 0.2) is 34.9 Å². The van der Waals surface area contributed by atoms with Crippen molar-refractivity contribution in [2.24, 2.45) is 5.73 Å². The van der Waals surface area contributed by atoms with Crippen LogP contribution in [0.1, 0.15) is 18.0 Å². The summed E-state index contributed by atoms with van der Waals surface area (Å²) >= 11 is 9.16. The first-order chi connectivity index (χ1) is 12.7. The van der Waals surface area contributed by atoms with Gasteiger partial charge in [0.25, 0.3) is 0 Å². The first kappa shape index (κ1) is 21.1. The summed E-state index contributed by atoms with van der Waals surface area (Å²) in [6.07, 6.45) is 1.17. The van der Waals surface area contributed by atoms with Gasteiger partial charge < -0.3 is 26.6 Å². The number of carboxylic acid groups (broad SMARTS) is 1. The second-order valence-electron chi connectivity index (χ2n) is 5.50. The van der Waals surface area contributed by atoms with Gasteiger partial charge in [0.05, 0.1) is 23.6 Å². The van der Waals surface area contributed by atoms with E-state index >= 15 is 0 Å². The normalized spacial score (nSPS) is 13.3. The number of nitrogen functional groups attached to an aromatic ring is 1. The number of anilines is 2. The van der Waals surface area contributed by atoms with E-state index in [9.17, 15) is 13.6 Å². The molecule has 1 aromatic heterocycles. The smallest absolute Gasteiger partial charge is 0.387 e. The van der Waals surface area contributed by atoms with Gasteiger partial charge in [0.2, 0.25) is 0 Å². The maximum Gasteiger partial charge on any atom is 0.387 e. The van der Waals surface area contributed by atoms with Crippen molar-refractivity contribution in [2.45, 2.75) is 25.1 Å². The number of nitrogens with two attached hydrogens (primary N) is 2. The van der Waals surface area contributed by atoms with Crippen molar-refractivity contribution in [3.8, 4) is 5.75 Å². The van der Waals surface area contributed by atoms with Crippen LogP contribution in [0.2, 0.25) is 5.15 Å². The van der Waals surface area contributed by atoms with E-state index in [1.807, 2.05) is 0 Å². The fraction of sp³-hybridized carbons (Fsp3) is 0.250. The number of nitrogens with zero attached hydrogens (tertiary/aromatic N) is 1. The Morgan fingerprint density at radius 3 is 2.78 bits per heavy atom. The molecule has 2 unspecified atom stereocenters. The molecular weight excluding hydrogens is 450 g/mol. The molecule has 6 N–H and O–H groups in total. The molecule has 7 nitrogen and oxygen atoms in total. The van der Waals surface area contributed by atoms with Crippen LogP contribution in [0.25, 0.3) is 0 Å². The predicted octanol–water partition coefficient (Wildman–Crippen LogP) is 3.64. The molecule has 146 valence electrons. The van der Waals surface area contributed by atoms with Crippen LogP contribution >= 0.6 is 27.5 Å². The van der Waals surface area contributed by atoms with E-state index in [1.54, 1.807) is 6.07 Å². The van der Waals surface area contributed by atoms with Gasteiger partial charge in [0, 0.05) is 16.1 Å². The number of aromatic nitrogens is 1. The van der Waals surface area contributed by atoms with Crippen LogP contribution < -0.4 is 21.5 Å². The van der Waals surface area contributed by atoms with Gasteiger partial charge in [-0.3, -0.25) is 4.79 Å². The van der Waals surface area contributed by atoms with Gasteiger partial charge in [-0.15, -0.1) is 0 Å². The average Bonchev–Trinajstić information content (AvgIpc) is 2.57. The molecule has 0 bridgehead atoms. The average molecular weight is 466 g/mol. The molecule has 0 saturated carbocycles. The van der Waals surface area contributed by atoms with Crippen LogP contribution in [-0.4, -0.2) is 28.7 Å². The van der Waals surface area contributed by atoms with E-state index in [1.165, 1.54) is 24.4 Å². The minimum Gasteiger partial charge on any atom is -0.480 e. The zero-order chi connectivity index (χ0) is 20.1. The second kappa shape index (κ2) is 9.16. The monoisotopic (exact) mass is 464 g/mol. The molecule has 0 fully saturated rings. The number of pyridine rings is 1. The molecule has 0 amide bonds. The number of alkyl halides is 2. The first-order valence-corrected chi connectivity index (χ1v) is 8.75. The minimum absolute atomic E-state index is 0.131. The molecule has 0 aliphatic heterocycles. The number of nitrogens with one attached hydrogen (secondary N) is 1. The number of hydrogen-bond acceptors (Lipinski definition) is 6. The lowest BCUT2D eigenvalue weighted by Crippen LogP contribution is -2.34. The van der Waals surface area contributed by atoms with Crippen LogP contribution in [0, 0.1) is 0 Å². The van der Waals surface area contributed by atoms with Gasteiger partial charge in [-0.1, -0.05) is 33.6 Å². The quantitative estimate of drug-likeness (QED) is 0.439. The van der Waals surface area contributed by atoms with Crippen molar-refractivity contribution in [2.75, 3.05) is 11.1 Å². The minimum atomic E-state index is -3.06. The summed E-state index contributed by atoms with van der Waals surface area (Å²) in [6, 6.07) is 3.79. The SMILES string of the molecule is Nc1cnc(Cl)cc1NC(CC(N)C(=O)O)c1c(Br)cccc1OC(F)F. The van der Waals surface area contributed by atoms with Gasteiger partial charge >= 0.3 is 12.6 Å². The lowest BCUT2D eigenvalue weighted by atomic mass is 9.98. The third kappa shape index (κ3) is 5.65. The molecule has 2 atom stereocenters. The molecule has 11 heteroatoms. The second-order valence-corrected chi connectivity index (χ2v) is 6.74. The topological polar surface area (TPSA) is 123 Å². The summed E-state index contributed by atoms with van der Waals surface area (Å²) in [7, 11) is 0. The summed E-state index contributed by atoms with van der Waals surface area (Å²) < 4.78 is 30.6. The summed E-state index contributed by atoms with van der Waals surface area (Å²) in [5.41, 5.74) is 12.4. The highest BCUT2D eigenvalue weighted by atomic mass is 79.9. The van der Waals surface area contributed by atoms with Crippen LogP contribution in [-0.2, 0) is 4.79 Å². The number of hydrogen-bond donors (Lipinski definition) is 4. The Kier molecular flexibility index (Phi) is 7.17. The molecule has 27 heavy (non-hydrogen) atoms. The summed E-state index contributed by atoms with van der Waals surface area (Å²) in [6.45, 7) is -3.06. The van der Waals surface area contributed by atoms with Crippen LogP contribution in [0.5, 0.6) is 5.75 Å². The Balaban J connectivity index is 2.50. The van der Waals surface area contributed by atoms with Crippen LogP contribution in [0.3, 0.4) is 0 Å². The largest absolute Gasteiger partial charge is 0.480 e. The van der Waals surface area contributed by atoms with Gasteiger partial charge in [0.1, 0.15) is 16.9 Å². The molecule has 2 aromatic rings. The number of ether oxygens (including phenoxy) is 1. The van der Waals surface area contributed by atoms with Gasteiger partial charge in [-0.25, -0.2) is 4.98 Å². The molecular formula is C16H16BrClF2N4O3. The van der Waals surface area contributed by atoms with Gasteiger partial charge in [-0.2, -0.15) is 8.78 Å². The number of rotatable bonds is 8. The molecule has 0 aliphatic rings. The van der Waals surface area contributed by atoms with E-state index < -0.39 is 24.7 Å². The zero-order valence-electron chi connectivity index (χ0n) is 13.7. The lowest BCUT2D eigenvalue weighted by Gasteiger charge is -2.26. The molecule has 1 aromatic carbocycles. The standard InChI is InChI=1S/C16H16BrClF2N4O3/c17-7-2-1-3-12(27-16(19)20)14(7)11(4-8(21)15(25)26)24-10-5-13(18)23-6-9(10)22/h1-3,5-6,8,11,16H,4,21-22H2,(H,23,24)(H,25,26). The fourth-order valence-corrected chi connectivity index (χ4v) is 3.19. The number of carboxylic acids is 1. The van der Waals surface area contributed by atoms with Crippen molar-refractivity contribution in [3.05, 3.63) is 45.7 Å². The van der Waals surface area contributed by atoms with Crippen LogP contribution in [0.4, 0.5) is 20.2 Å². The highest BCUT2D eigenvalue weighted by Gasteiger charge is 2.26. The van der Waals surface area contributed by atoms with Crippen molar-refractivity contribution >= 4 is 44.9 Å². The Morgan fingerprint density at radius 1 is 1.44 bits per heavy atom. The third-order valence-corrected chi connectivity index (χ3v) is 4.51. The van der Waals surface area contributed by atoms with E-state index in [0.29, 0.717) is 10.2 Å². The highest BCUT2D eigenvalue weighted by Crippen LogP contribution is 2.38. The Labute approximate surface area is 166 Å². The fourth-order valence-electron chi connectivity index (χ4n) is 2.41. The summed E-state index contributed by atoms with van der Waals surface area (Å²) in [5, 5.41) is 12.3. The Morgan fingerprint density at radius 2 is 2.15 bits per heavy atom. The van der Waals surface area contributed by atoms with E-state index in [2.05, 4.69) is 31.0 Å². The number of carbonyl (C=O) groups is 1. The number of halogens is 4. The molecule has 1 heterocycles. The van der Waals surface area contributed by atoms with E-state index in [0.717, 1.165) is 0 Å². The lowest BCUT2D eigenvalue weighted by molar-refractivity contribution is -0.138. The Bertz CT molecular complexity index is 828. The summed E-state index contributed by atoms with van der Waals surface area (Å²) in [4.78, 5) is 15.0. The van der Waals surface area contributed by atoms with E-state index in [4.69, 9.17) is 28.2 Å². The predicted molar refractivity (Wildman–Crippen MR) is 101 cm³/mol. The van der Waals surface area contributed by atoms with E-state index in [-0.39, 0.29) is 28.6 Å². The molecule has 0 aliphatic carbocycles. The van der Waals surface area contributed by atoms with Gasteiger partial charge in [0.15, 0.2) is 0 Å².